The average Bonchev–Trinajstić information content (AvgIpc) is 3.06. The number of furan rings is 1. The van der Waals surface area contributed by atoms with Gasteiger partial charge in [-0.1, -0.05) is 11.6 Å². The minimum absolute atomic E-state index is 0.0679. The third-order valence-electron chi connectivity index (χ3n) is 3.81. The highest BCUT2D eigenvalue weighted by Gasteiger charge is 2.16. The van der Waals surface area contributed by atoms with Gasteiger partial charge in [-0.2, -0.15) is 0 Å². The van der Waals surface area contributed by atoms with Crippen molar-refractivity contribution in [1.82, 2.24) is 14.9 Å². The zero-order valence-electron chi connectivity index (χ0n) is 13.0. The number of halogens is 1. The maximum atomic E-state index is 12.7. The lowest BCUT2D eigenvalue weighted by molar-refractivity contribution is 0.442. The molecule has 2 aromatic heterocycles. The van der Waals surface area contributed by atoms with E-state index in [-0.39, 0.29) is 11.6 Å². The molecule has 0 unspecified atom stereocenters. The molecule has 120 valence electrons. The highest BCUT2D eigenvalue weighted by Crippen LogP contribution is 2.18. The molecule has 0 aliphatic heterocycles. The van der Waals surface area contributed by atoms with Gasteiger partial charge < -0.3 is 9.73 Å². The summed E-state index contributed by atoms with van der Waals surface area (Å²) in [4.78, 5) is 17.3. The van der Waals surface area contributed by atoms with Crippen LogP contribution in [-0.2, 0) is 13.1 Å². The van der Waals surface area contributed by atoms with E-state index in [9.17, 15) is 4.79 Å². The van der Waals surface area contributed by atoms with Gasteiger partial charge in [0.1, 0.15) is 11.6 Å². The zero-order valence-corrected chi connectivity index (χ0v) is 13.8. The number of aromatic nitrogens is 2. The second-order valence-electron chi connectivity index (χ2n) is 5.36. The molecule has 0 amide bonds. The second-order valence-corrected chi connectivity index (χ2v) is 5.80. The van der Waals surface area contributed by atoms with Crippen molar-refractivity contribution in [2.45, 2.75) is 33.0 Å². The van der Waals surface area contributed by atoms with Crippen LogP contribution in [0.1, 0.15) is 31.5 Å². The fourth-order valence-electron chi connectivity index (χ4n) is 2.60. The Balaban J connectivity index is 1.98. The molecule has 0 fully saturated rings. The summed E-state index contributed by atoms with van der Waals surface area (Å²) in [5, 5.41) is 4.42. The largest absolute Gasteiger partial charge is 0.468 e. The normalized spacial score (nSPS) is 12.7. The molecule has 23 heavy (non-hydrogen) atoms. The maximum absolute atomic E-state index is 12.7. The molecule has 2 heterocycles. The Morgan fingerprint density at radius 3 is 2.91 bits per heavy atom. The van der Waals surface area contributed by atoms with Crippen molar-refractivity contribution in [2.75, 3.05) is 0 Å². The van der Waals surface area contributed by atoms with Crippen LogP contribution < -0.4 is 10.9 Å². The highest BCUT2D eigenvalue weighted by atomic mass is 35.5. The second kappa shape index (κ2) is 6.56. The first-order valence-corrected chi connectivity index (χ1v) is 7.93. The van der Waals surface area contributed by atoms with E-state index in [1.807, 2.05) is 26.0 Å². The SMILES string of the molecule is CCn1c([C@@H](C)NCc2ccco2)nc2ccc(Cl)cc2c1=O. The van der Waals surface area contributed by atoms with Gasteiger partial charge in [-0.25, -0.2) is 4.98 Å². The van der Waals surface area contributed by atoms with E-state index in [0.717, 1.165) is 5.76 Å². The quantitative estimate of drug-likeness (QED) is 0.777. The van der Waals surface area contributed by atoms with Crippen LogP contribution in [0.2, 0.25) is 5.02 Å². The van der Waals surface area contributed by atoms with Crippen LogP contribution in [0.3, 0.4) is 0 Å². The van der Waals surface area contributed by atoms with Gasteiger partial charge in [0.25, 0.3) is 5.56 Å². The Bertz CT molecular complexity index is 871. The topological polar surface area (TPSA) is 60.1 Å². The van der Waals surface area contributed by atoms with Crippen molar-refractivity contribution < 1.29 is 4.42 Å². The van der Waals surface area contributed by atoms with Gasteiger partial charge in [0.15, 0.2) is 0 Å². The van der Waals surface area contributed by atoms with E-state index in [0.29, 0.717) is 34.8 Å². The van der Waals surface area contributed by atoms with Gasteiger partial charge in [-0.05, 0) is 44.2 Å². The molecule has 1 aromatic carbocycles. The van der Waals surface area contributed by atoms with Crippen LogP contribution in [0.15, 0.2) is 45.8 Å². The molecule has 1 atom stereocenters. The summed E-state index contributed by atoms with van der Waals surface area (Å²) in [5.74, 6) is 1.55. The Morgan fingerprint density at radius 1 is 1.39 bits per heavy atom. The van der Waals surface area contributed by atoms with Crippen molar-refractivity contribution in [3.05, 3.63) is 63.6 Å². The van der Waals surface area contributed by atoms with Gasteiger partial charge in [-0.3, -0.25) is 9.36 Å². The third kappa shape index (κ3) is 3.16. The minimum Gasteiger partial charge on any atom is -0.468 e. The van der Waals surface area contributed by atoms with Gasteiger partial charge >= 0.3 is 0 Å². The molecule has 6 heteroatoms. The van der Waals surface area contributed by atoms with Gasteiger partial charge in [-0.15, -0.1) is 0 Å². The molecule has 5 nitrogen and oxygen atoms in total. The molecule has 0 bridgehead atoms. The number of nitrogens with zero attached hydrogens (tertiary/aromatic N) is 2. The van der Waals surface area contributed by atoms with Crippen LogP contribution >= 0.6 is 11.6 Å². The number of benzene rings is 1. The summed E-state index contributed by atoms with van der Waals surface area (Å²) in [7, 11) is 0. The average molecular weight is 332 g/mol. The summed E-state index contributed by atoms with van der Waals surface area (Å²) in [5.41, 5.74) is 0.590. The molecule has 0 aliphatic carbocycles. The molecule has 0 spiro atoms. The van der Waals surface area contributed by atoms with Crippen LogP contribution in [0.25, 0.3) is 10.9 Å². The number of fused-ring (bicyclic) bond motifs is 1. The standard InChI is InChI=1S/C17H18ClN3O2/c1-3-21-16(11(2)19-10-13-5-4-8-23-13)20-15-7-6-12(18)9-14(15)17(21)22/h4-9,11,19H,3,10H2,1-2H3/t11-/m1/s1. The lowest BCUT2D eigenvalue weighted by Gasteiger charge is -2.18. The molecule has 0 saturated carbocycles. The lowest BCUT2D eigenvalue weighted by atomic mass is 10.2. The summed E-state index contributed by atoms with van der Waals surface area (Å²) in [6.07, 6.45) is 1.64. The molecule has 0 saturated heterocycles. The van der Waals surface area contributed by atoms with Gasteiger partial charge in [0.05, 0.1) is 29.8 Å². The number of rotatable bonds is 5. The monoisotopic (exact) mass is 331 g/mol. The van der Waals surface area contributed by atoms with E-state index in [1.165, 1.54) is 0 Å². The maximum Gasteiger partial charge on any atom is 0.261 e. The van der Waals surface area contributed by atoms with Crippen LogP contribution in [0, 0.1) is 0 Å². The lowest BCUT2D eigenvalue weighted by Crippen LogP contribution is -2.30. The van der Waals surface area contributed by atoms with Crippen molar-refractivity contribution in [3.63, 3.8) is 0 Å². The number of nitrogens with one attached hydrogen (secondary N) is 1. The number of hydrogen-bond acceptors (Lipinski definition) is 4. The summed E-state index contributed by atoms with van der Waals surface area (Å²) in [6, 6.07) is 8.86. The number of hydrogen-bond donors (Lipinski definition) is 1. The predicted octanol–water partition coefficient (Wildman–Crippen LogP) is 3.51. The van der Waals surface area contributed by atoms with Gasteiger partial charge in [0, 0.05) is 11.6 Å². The van der Waals surface area contributed by atoms with Crippen LogP contribution in [0.5, 0.6) is 0 Å². The van der Waals surface area contributed by atoms with Crippen LogP contribution in [0.4, 0.5) is 0 Å². The Morgan fingerprint density at radius 2 is 2.22 bits per heavy atom. The molecule has 3 aromatic rings. The van der Waals surface area contributed by atoms with E-state index < -0.39 is 0 Å². The molecule has 1 N–H and O–H groups in total. The van der Waals surface area contributed by atoms with Crippen LogP contribution in [-0.4, -0.2) is 9.55 Å². The highest BCUT2D eigenvalue weighted by molar-refractivity contribution is 6.31. The van der Waals surface area contributed by atoms with Crippen molar-refractivity contribution >= 4 is 22.5 Å². The summed E-state index contributed by atoms with van der Waals surface area (Å²) < 4.78 is 7.00. The van der Waals surface area contributed by atoms with Crippen molar-refractivity contribution in [1.29, 1.82) is 0 Å². The Hall–Kier alpha value is -2.11. The minimum atomic E-state index is -0.0900. The van der Waals surface area contributed by atoms with E-state index in [4.69, 9.17) is 16.0 Å². The first-order valence-electron chi connectivity index (χ1n) is 7.56. The Kier molecular flexibility index (Phi) is 4.50. The third-order valence-corrected chi connectivity index (χ3v) is 4.05. The molecular weight excluding hydrogens is 314 g/mol. The first kappa shape index (κ1) is 15.8. The van der Waals surface area contributed by atoms with E-state index >= 15 is 0 Å². The first-order chi connectivity index (χ1) is 11.1. The van der Waals surface area contributed by atoms with E-state index in [2.05, 4.69) is 10.3 Å². The fraction of sp³-hybridized carbons (Fsp3) is 0.294. The predicted molar refractivity (Wildman–Crippen MR) is 90.6 cm³/mol. The van der Waals surface area contributed by atoms with Gasteiger partial charge in [0.2, 0.25) is 0 Å². The fourth-order valence-corrected chi connectivity index (χ4v) is 2.78. The zero-order chi connectivity index (χ0) is 16.4. The molecule has 3 rings (SSSR count). The molecule has 0 aliphatic rings. The Labute approximate surface area is 138 Å². The molecule has 0 radical (unpaired) electrons. The molecular formula is C17H18ClN3O2. The smallest absolute Gasteiger partial charge is 0.261 e. The van der Waals surface area contributed by atoms with Crippen molar-refractivity contribution in [3.8, 4) is 0 Å². The van der Waals surface area contributed by atoms with E-state index in [1.54, 1.807) is 29.0 Å². The summed E-state index contributed by atoms with van der Waals surface area (Å²) >= 11 is 6.00. The summed E-state index contributed by atoms with van der Waals surface area (Å²) in [6.45, 7) is 5.05. The van der Waals surface area contributed by atoms with Crippen molar-refractivity contribution in [2.24, 2.45) is 0 Å².